The fourth-order valence-corrected chi connectivity index (χ4v) is 6.09. The van der Waals surface area contributed by atoms with Gasteiger partial charge >= 0.3 is 5.97 Å². The molecule has 0 unspecified atom stereocenters. The third kappa shape index (κ3) is 5.20. The van der Waals surface area contributed by atoms with Crippen LogP contribution in [0.15, 0.2) is 49.8 Å². The van der Waals surface area contributed by atoms with Gasteiger partial charge in [0.15, 0.2) is 27.8 Å². The number of aromatic nitrogens is 1. The molecule has 2 aromatic carbocycles. The number of thiazole rings is 1. The molecule has 0 N–H and O–H groups in total. The molecule has 1 aromatic heterocycles. The largest absolute Gasteiger partial charge is 0.493 e. The van der Waals surface area contributed by atoms with Crippen molar-refractivity contribution in [3.05, 3.63) is 70.8 Å². The molecule has 212 valence electrons. The zero-order valence-electron chi connectivity index (χ0n) is 23.1. The maximum absolute atomic E-state index is 14.0. The van der Waals surface area contributed by atoms with E-state index >= 15 is 0 Å². The van der Waals surface area contributed by atoms with Crippen molar-refractivity contribution in [2.24, 2.45) is 4.99 Å². The Hall–Kier alpha value is -3.77. The summed E-state index contributed by atoms with van der Waals surface area (Å²) in [5.41, 5.74) is 1.63. The highest BCUT2D eigenvalue weighted by Gasteiger charge is 2.35. The van der Waals surface area contributed by atoms with Crippen molar-refractivity contribution < 1.29 is 33.2 Å². The van der Waals surface area contributed by atoms with Gasteiger partial charge in [-0.15, -0.1) is 0 Å². The predicted octanol–water partition coefficient (Wildman–Crippen LogP) is 3.60. The van der Waals surface area contributed by atoms with E-state index in [2.05, 4.69) is 20.9 Å². The molecular weight excluding hydrogens is 604 g/mol. The molecular formula is C28H29BrN2O8S. The van der Waals surface area contributed by atoms with E-state index in [-0.39, 0.29) is 17.7 Å². The number of benzene rings is 2. The summed E-state index contributed by atoms with van der Waals surface area (Å²) in [6.45, 7) is 3.62. The third-order valence-corrected chi connectivity index (χ3v) is 7.97. The Bertz CT molecular complexity index is 1650. The Morgan fingerprint density at radius 1 is 0.975 bits per heavy atom. The first-order valence-electron chi connectivity index (χ1n) is 12.1. The smallest absolute Gasteiger partial charge is 0.338 e. The molecule has 1 aliphatic rings. The van der Waals surface area contributed by atoms with Gasteiger partial charge in [0.2, 0.25) is 5.75 Å². The van der Waals surface area contributed by atoms with Crippen molar-refractivity contribution in [1.29, 1.82) is 0 Å². The number of fused-ring (bicyclic) bond motifs is 1. The highest BCUT2D eigenvalue weighted by atomic mass is 79.9. The summed E-state index contributed by atoms with van der Waals surface area (Å²) >= 11 is 4.81. The number of esters is 1. The van der Waals surface area contributed by atoms with Crippen molar-refractivity contribution in [2.45, 2.75) is 19.9 Å². The number of rotatable bonds is 9. The maximum Gasteiger partial charge on any atom is 0.338 e. The number of allylic oxidation sites excluding steroid dienone is 1. The van der Waals surface area contributed by atoms with E-state index in [4.69, 9.17) is 28.4 Å². The van der Waals surface area contributed by atoms with Gasteiger partial charge in [0.1, 0.15) is 0 Å². The molecule has 0 fully saturated rings. The molecule has 1 aliphatic heterocycles. The van der Waals surface area contributed by atoms with Crippen LogP contribution in [0.25, 0.3) is 6.08 Å². The van der Waals surface area contributed by atoms with Crippen LogP contribution in [0.5, 0.6) is 28.7 Å². The van der Waals surface area contributed by atoms with E-state index in [1.165, 1.54) is 51.5 Å². The van der Waals surface area contributed by atoms with Gasteiger partial charge < -0.3 is 28.4 Å². The van der Waals surface area contributed by atoms with Gasteiger partial charge in [0.05, 0.1) is 64.0 Å². The van der Waals surface area contributed by atoms with Crippen LogP contribution in [0.2, 0.25) is 0 Å². The summed E-state index contributed by atoms with van der Waals surface area (Å²) in [5.74, 6) is 1.72. The van der Waals surface area contributed by atoms with E-state index in [0.717, 1.165) is 0 Å². The lowest BCUT2D eigenvalue weighted by molar-refractivity contribution is -0.139. The monoisotopic (exact) mass is 632 g/mol. The Morgan fingerprint density at radius 2 is 1.57 bits per heavy atom. The minimum absolute atomic E-state index is 0.168. The molecule has 0 bridgehead atoms. The van der Waals surface area contributed by atoms with Crippen molar-refractivity contribution in [3.8, 4) is 28.7 Å². The second kappa shape index (κ2) is 12.2. The van der Waals surface area contributed by atoms with E-state index in [0.29, 0.717) is 59.4 Å². The molecule has 4 rings (SSSR count). The van der Waals surface area contributed by atoms with Crippen molar-refractivity contribution in [3.63, 3.8) is 0 Å². The average molecular weight is 634 g/mol. The second-order valence-corrected chi connectivity index (χ2v) is 10.4. The highest BCUT2D eigenvalue weighted by molar-refractivity contribution is 9.10. The van der Waals surface area contributed by atoms with Crippen LogP contribution in [-0.2, 0) is 9.53 Å². The number of halogens is 1. The first kappa shape index (κ1) is 29.2. The Morgan fingerprint density at radius 3 is 2.12 bits per heavy atom. The summed E-state index contributed by atoms with van der Waals surface area (Å²) < 4.78 is 35.2. The summed E-state index contributed by atoms with van der Waals surface area (Å²) in [6, 6.07) is 6.13. The number of methoxy groups -OCH3 is 5. The summed E-state index contributed by atoms with van der Waals surface area (Å²) in [7, 11) is 7.62. The second-order valence-electron chi connectivity index (χ2n) is 8.49. The van der Waals surface area contributed by atoms with E-state index in [9.17, 15) is 9.59 Å². The minimum Gasteiger partial charge on any atom is -0.493 e. The normalized spacial score (nSPS) is 14.8. The zero-order chi connectivity index (χ0) is 29.1. The van der Waals surface area contributed by atoms with E-state index < -0.39 is 12.0 Å². The number of carbonyl (C=O) groups is 1. The number of hydrogen-bond donors (Lipinski definition) is 0. The lowest BCUT2D eigenvalue weighted by atomic mass is 9.95. The van der Waals surface area contributed by atoms with Gasteiger partial charge in [-0.25, -0.2) is 9.79 Å². The fourth-order valence-electron chi connectivity index (χ4n) is 4.50. The van der Waals surface area contributed by atoms with Crippen LogP contribution >= 0.6 is 27.3 Å². The fraction of sp³-hybridized carbons (Fsp3) is 0.321. The lowest BCUT2D eigenvalue weighted by Gasteiger charge is -2.26. The Balaban J connectivity index is 2.01. The molecule has 12 heteroatoms. The maximum atomic E-state index is 14.0. The number of nitrogens with zero attached hydrogens (tertiary/aromatic N) is 2. The molecule has 0 saturated heterocycles. The van der Waals surface area contributed by atoms with Crippen molar-refractivity contribution in [2.75, 3.05) is 42.2 Å². The quantitative estimate of drug-likeness (QED) is 0.329. The van der Waals surface area contributed by atoms with Crippen LogP contribution in [0.3, 0.4) is 0 Å². The first-order valence-corrected chi connectivity index (χ1v) is 13.7. The summed E-state index contributed by atoms with van der Waals surface area (Å²) in [5, 5.41) is 0. The summed E-state index contributed by atoms with van der Waals surface area (Å²) in [4.78, 5) is 32.3. The van der Waals surface area contributed by atoms with Crippen molar-refractivity contribution in [1.82, 2.24) is 4.57 Å². The number of hydrogen-bond acceptors (Lipinski definition) is 10. The molecule has 1 atom stereocenters. The Labute approximate surface area is 243 Å². The minimum atomic E-state index is -0.841. The highest BCUT2D eigenvalue weighted by Crippen LogP contribution is 2.41. The standard InChI is InChI=1S/C28H29BrN2O8S/c1-8-39-27(33)23-14(2)30-28-31(24(23)16-12-18(34-3)19(35-4)13-17(16)29)26(32)22(40-28)11-15-9-20(36-5)25(38-7)21(10-15)37-6/h9-13,24H,8H2,1-7H3/b22-11-/t24-/m1/s1. The molecule has 0 spiro atoms. The van der Waals surface area contributed by atoms with E-state index in [1.807, 2.05) is 0 Å². The van der Waals surface area contributed by atoms with Gasteiger partial charge in [-0.3, -0.25) is 9.36 Å². The summed E-state index contributed by atoms with van der Waals surface area (Å²) in [6.07, 6.45) is 1.72. The van der Waals surface area contributed by atoms with Gasteiger partial charge in [-0.1, -0.05) is 27.3 Å². The molecule has 0 saturated carbocycles. The van der Waals surface area contributed by atoms with E-state index in [1.54, 1.807) is 44.2 Å². The van der Waals surface area contributed by atoms with Crippen molar-refractivity contribution >= 4 is 39.3 Å². The molecule has 10 nitrogen and oxygen atoms in total. The Kier molecular flexibility index (Phi) is 8.89. The molecule has 0 amide bonds. The molecule has 2 heterocycles. The lowest BCUT2D eigenvalue weighted by Crippen LogP contribution is -2.40. The van der Waals surface area contributed by atoms with Crippen LogP contribution in [-0.4, -0.2) is 52.7 Å². The zero-order valence-corrected chi connectivity index (χ0v) is 25.5. The topological polar surface area (TPSA) is 107 Å². The third-order valence-electron chi connectivity index (χ3n) is 6.30. The first-order chi connectivity index (χ1) is 19.2. The van der Waals surface area contributed by atoms with Crippen LogP contribution in [0, 0.1) is 0 Å². The SMILES string of the molecule is CCOC(=O)C1=C(C)N=c2s/c(=C\c3cc(OC)c(OC)c(OC)c3)c(=O)n2[C@@H]1c1cc(OC)c(OC)cc1Br. The average Bonchev–Trinajstić information content (AvgIpc) is 3.25. The predicted molar refractivity (Wildman–Crippen MR) is 154 cm³/mol. The number of ether oxygens (including phenoxy) is 6. The van der Waals surface area contributed by atoms with Crippen LogP contribution in [0.1, 0.15) is 31.0 Å². The van der Waals surface area contributed by atoms with Gasteiger partial charge in [0.25, 0.3) is 5.56 Å². The van der Waals surface area contributed by atoms with Gasteiger partial charge in [-0.05, 0) is 55.3 Å². The number of carbonyl (C=O) groups excluding carboxylic acids is 1. The van der Waals surface area contributed by atoms with Gasteiger partial charge in [0, 0.05) is 4.47 Å². The van der Waals surface area contributed by atoms with Gasteiger partial charge in [-0.2, -0.15) is 0 Å². The van der Waals surface area contributed by atoms with Crippen LogP contribution < -0.4 is 38.6 Å². The molecule has 0 radical (unpaired) electrons. The molecule has 3 aromatic rings. The molecule has 40 heavy (non-hydrogen) atoms. The van der Waals surface area contributed by atoms with Crippen LogP contribution in [0.4, 0.5) is 0 Å². The molecule has 0 aliphatic carbocycles.